The Morgan fingerprint density at radius 3 is 1.58 bits per heavy atom. The number of rotatable bonds is 7. The predicted octanol–water partition coefficient (Wildman–Crippen LogP) is 12.8. The van der Waals surface area contributed by atoms with Gasteiger partial charge >= 0.3 is 0 Å². The molecule has 0 aliphatic heterocycles. The van der Waals surface area contributed by atoms with Crippen LogP contribution in [0.2, 0.25) is 0 Å². The van der Waals surface area contributed by atoms with Crippen molar-refractivity contribution >= 4 is 94.4 Å². The molecule has 0 atom stereocenters. The Hall–Kier alpha value is -8.18. The molecule has 0 N–H and O–H groups in total. The van der Waals surface area contributed by atoms with Crippen LogP contribution in [0.25, 0.3) is 88.1 Å². The zero-order valence-electron chi connectivity index (χ0n) is 38.6. The molecular weight excluding hydrogens is 793 g/mol. The maximum absolute atomic E-state index is 10.8. The van der Waals surface area contributed by atoms with Crippen LogP contribution in [0.3, 0.4) is 0 Å². The maximum atomic E-state index is 10.8. The van der Waals surface area contributed by atoms with Gasteiger partial charge < -0.3 is 13.6 Å². The third kappa shape index (κ3) is 5.33. The van der Waals surface area contributed by atoms with Crippen LogP contribution in [0.5, 0.6) is 0 Å². The van der Waals surface area contributed by atoms with Gasteiger partial charge in [0.2, 0.25) is 0 Å². The summed E-state index contributed by atoms with van der Waals surface area (Å²) in [5.41, 5.74) is 8.26. The summed E-state index contributed by atoms with van der Waals surface area (Å²) >= 11 is 0. The molecule has 13 aromatic rings. The molecule has 0 aliphatic carbocycles. The molecule has 3 nitrogen and oxygen atoms in total. The van der Waals surface area contributed by atoms with E-state index in [-0.39, 0.29) is 29.9 Å². The van der Waals surface area contributed by atoms with E-state index < -0.39 is 8.07 Å². The highest BCUT2D eigenvalue weighted by molar-refractivity contribution is 7.20. The molecule has 300 valence electrons. The van der Waals surface area contributed by atoms with E-state index in [1.54, 1.807) is 0 Å². The molecule has 0 saturated carbocycles. The van der Waals surface area contributed by atoms with Gasteiger partial charge in [0, 0.05) is 32.6 Å². The van der Waals surface area contributed by atoms with E-state index in [2.05, 4.69) is 132 Å². The van der Waals surface area contributed by atoms with Crippen LogP contribution in [0.4, 0.5) is 0 Å². The number of fused-ring (bicyclic) bond motifs is 10. The average Bonchev–Trinajstić information content (AvgIpc) is 4.06. The zero-order valence-corrected chi connectivity index (χ0v) is 35.6. The molecule has 3 heterocycles. The highest BCUT2D eigenvalue weighted by Gasteiger charge is 2.42. The summed E-state index contributed by atoms with van der Waals surface area (Å²) in [7, 11) is -3.68. The van der Waals surface area contributed by atoms with Gasteiger partial charge in [0.1, 0.15) is 5.58 Å². The minimum Gasteiger partial charge on any atom is -0.454 e. The lowest BCUT2D eigenvalue weighted by atomic mass is 10.1. The van der Waals surface area contributed by atoms with Gasteiger partial charge in [-0.2, -0.15) is 0 Å². The largest absolute Gasteiger partial charge is 0.454 e. The van der Waals surface area contributed by atoms with Gasteiger partial charge in [-0.25, -0.2) is 0 Å². The van der Waals surface area contributed by atoms with Gasteiger partial charge in [-0.05, 0) is 74.3 Å². The van der Waals surface area contributed by atoms with E-state index in [4.69, 9.17) is 4.42 Å². The van der Waals surface area contributed by atoms with Crippen molar-refractivity contribution < 1.29 is 9.90 Å². The van der Waals surface area contributed by atoms with Crippen molar-refractivity contribution in [3.05, 3.63) is 243 Å². The van der Waals surface area contributed by atoms with E-state index in [1.165, 1.54) is 0 Å². The lowest BCUT2D eigenvalue weighted by molar-refractivity contribution is 0.666. The molecule has 0 saturated heterocycles. The topological polar surface area (TPSA) is 23.0 Å². The normalized spacial score (nSPS) is 12.9. The van der Waals surface area contributed by atoms with Crippen LogP contribution in [-0.4, -0.2) is 17.2 Å². The van der Waals surface area contributed by atoms with Crippen molar-refractivity contribution in [2.75, 3.05) is 0 Å². The fourth-order valence-corrected chi connectivity index (χ4v) is 14.9. The van der Waals surface area contributed by atoms with Crippen LogP contribution in [0.1, 0.15) is 5.48 Å². The van der Waals surface area contributed by atoms with E-state index in [1.807, 2.05) is 95.6 Å². The number of hydrogen-bond donors (Lipinski definition) is 0. The molecule has 0 aliphatic rings. The first-order chi connectivity index (χ1) is 33.4. The van der Waals surface area contributed by atoms with Crippen molar-refractivity contribution in [2.45, 2.75) is 0 Å². The Morgan fingerprint density at radius 2 is 0.922 bits per heavy atom. The number of nitrogens with zero attached hydrogens (tertiary/aromatic N) is 2. The van der Waals surface area contributed by atoms with Crippen LogP contribution in [-0.2, 0) is 0 Å². The second-order valence-corrected chi connectivity index (χ2v) is 20.2. The Morgan fingerprint density at radius 1 is 0.406 bits per heavy atom. The molecule has 64 heavy (non-hydrogen) atoms. The third-order valence-electron chi connectivity index (χ3n) is 13.1. The second kappa shape index (κ2) is 14.5. The fourth-order valence-electron chi connectivity index (χ4n) is 10.4. The SMILES string of the molecule is [2H]c1c([2H])c(-n2c3ccccc3c3cc(-n4c5ccccc5c5ccccc54)c4oc5ccccc5c4c32)c([2H])c([Si](c2ccccc2)(c2ccccc2)c2cccc(-c3ccccc3)c2)c1[2H]. The first-order valence-electron chi connectivity index (χ1n) is 23.7. The molecule has 0 fully saturated rings. The van der Waals surface area contributed by atoms with E-state index in [0.29, 0.717) is 16.4 Å². The lowest BCUT2D eigenvalue weighted by Crippen LogP contribution is -2.74. The first-order valence-corrected chi connectivity index (χ1v) is 23.7. The number of aromatic nitrogens is 2. The summed E-state index contributed by atoms with van der Waals surface area (Å²) in [6.07, 6.45) is 0. The molecule has 0 unspecified atom stereocenters. The van der Waals surface area contributed by atoms with Gasteiger partial charge in [0.25, 0.3) is 0 Å². The minimum atomic E-state index is -3.68. The number of hydrogen-bond acceptors (Lipinski definition) is 1. The van der Waals surface area contributed by atoms with Gasteiger partial charge in [0.15, 0.2) is 13.7 Å². The van der Waals surface area contributed by atoms with Crippen LogP contribution in [0.15, 0.2) is 247 Å². The summed E-state index contributed by atoms with van der Waals surface area (Å²) in [6, 6.07) is 74.3. The molecule has 13 rings (SSSR count). The molecular formula is C60H40N2OSi. The second-order valence-electron chi connectivity index (χ2n) is 16.5. The zero-order chi connectivity index (χ0) is 45.7. The van der Waals surface area contributed by atoms with E-state index >= 15 is 0 Å². The Bertz CT molecular complexity index is 4050. The monoisotopic (exact) mass is 836 g/mol. The van der Waals surface area contributed by atoms with Crippen molar-refractivity contribution in [2.24, 2.45) is 0 Å². The highest BCUT2D eigenvalue weighted by Crippen LogP contribution is 2.45. The van der Waals surface area contributed by atoms with Crippen LogP contribution < -0.4 is 20.7 Å². The van der Waals surface area contributed by atoms with Crippen LogP contribution in [0, 0.1) is 0 Å². The third-order valence-corrected chi connectivity index (χ3v) is 17.7. The Labute approximate surface area is 376 Å². The van der Waals surface area contributed by atoms with Crippen molar-refractivity contribution in [1.82, 2.24) is 9.13 Å². The maximum Gasteiger partial charge on any atom is 0.179 e. The molecule has 4 heteroatoms. The van der Waals surface area contributed by atoms with Gasteiger partial charge in [-0.15, -0.1) is 0 Å². The molecule has 10 aromatic carbocycles. The quantitative estimate of drug-likeness (QED) is 0.116. The van der Waals surface area contributed by atoms with Gasteiger partial charge in [-0.3, -0.25) is 0 Å². The molecule has 0 spiro atoms. The summed E-state index contributed by atoms with van der Waals surface area (Å²) < 4.78 is 52.1. The molecule has 0 bridgehead atoms. The van der Waals surface area contributed by atoms with Gasteiger partial charge in [-0.1, -0.05) is 200 Å². The molecule has 0 radical (unpaired) electrons. The van der Waals surface area contributed by atoms with Gasteiger partial charge in [0.05, 0.1) is 38.6 Å². The number of furan rings is 1. The Kier molecular flexibility index (Phi) is 7.34. The first kappa shape index (κ1) is 32.5. The summed E-state index contributed by atoms with van der Waals surface area (Å²) in [4.78, 5) is 0. The number of benzene rings is 10. The molecule has 3 aromatic heterocycles. The summed E-state index contributed by atoms with van der Waals surface area (Å²) in [5.74, 6) is 0. The summed E-state index contributed by atoms with van der Waals surface area (Å²) in [5, 5.41) is 9.25. The summed E-state index contributed by atoms with van der Waals surface area (Å²) in [6.45, 7) is 0. The van der Waals surface area contributed by atoms with E-state index in [9.17, 15) is 5.48 Å². The van der Waals surface area contributed by atoms with Crippen molar-refractivity contribution in [1.29, 1.82) is 0 Å². The fraction of sp³-hybridized carbons (Fsp3) is 0. The average molecular weight is 837 g/mol. The minimum absolute atomic E-state index is 0.0514. The van der Waals surface area contributed by atoms with Crippen LogP contribution >= 0.6 is 0 Å². The number of para-hydroxylation sites is 4. The Balaban J connectivity index is 1.21. The highest BCUT2D eigenvalue weighted by atomic mass is 28.3. The van der Waals surface area contributed by atoms with Crippen molar-refractivity contribution in [3.8, 4) is 22.5 Å². The lowest BCUT2D eigenvalue weighted by Gasteiger charge is -2.35. The van der Waals surface area contributed by atoms with Crippen molar-refractivity contribution in [3.63, 3.8) is 0 Å². The predicted molar refractivity (Wildman–Crippen MR) is 271 cm³/mol. The standard InChI is InChI=1S/C60H40N2OSi/c1-4-20-41(21-5-1)42-22-18-28-46(38-42)64(44-24-6-2-7-25-44,45-26-8-3-9-27-45)47-29-19-23-43(39-47)61-53-34-14-12-32-50(53)52-40-56(60-58(59(52)61)51-33-13-17-37-57(51)63-60)62-54-35-15-10-30-48(54)49-31-11-16-36-55(49)62/h1-40H/i19D,23D,29D,39D. The molecule has 0 amide bonds. The van der Waals surface area contributed by atoms with E-state index in [0.717, 1.165) is 86.8 Å². The smallest absolute Gasteiger partial charge is 0.179 e.